The Morgan fingerprint density at radius 2 is 2.16 bits per heavy atom. The molecular weight excluding hydrogens is 250 g/mol. The fraction of sp³-hybridized carbons (Fsp3) is 0.250. The monoisotopic (exact) mass is 263 g/mol. The van der Waals surface area contributed by atoms with Gasteiger partial charge < -0.3 is 10.6 Å². The average Bonchev–Trinajstić information content (AvgIpc) is 2.89. The van der Waals surface area contributed by atoms with Crippen LogP contribution in [0.25, 0.3) is 0 Å². The molecule has 1 atom stereocenters. The zero-order valence-electron chi connectivity index (χ0n) is 10.0. The molecule has 7 nitrogen and oxygen atoms in total. The van der Waals surface area contributed by atoms with Crippen LogP contribution in [0.15, 0.2) is 35.5 Å². The number of nitrogens with two attached hydrogens (primary N) is 1. The average molecular weight is 263 g/mol. The van der Waals surface area contributed by atoms with Gasteiger partial charge in [-0.3, -0.25) is 14.4 Å². The lowest BCUT2D eigenvalue weighted by molar-refractivity contribution is -0.146. The maximum atomic E-state index is 11.6. The summed E-state index contributed by atoms with van der Waals surface area (Å²) in [7, 11) is 0. The topological polar surface area (TPSA) is 103 Å². The SMILES string of the molecule is NC(=O)CONC(=O)C1CC(c2ccccc2)=NO1. The number of nitrogens with zero attached hydrogens (tertiary/aromatic N) is 1. The predicted molar refractivity (Wildman–Crippen MR) is 65.8 cm³/mol. The van der Waals surface area contributed by atoms with Crippen molar-refractivity contribution in [1.29, 1.82) is 0 Å². The van der Waals surface area contributed by atoms with E-state index in [2.05, 4.69) is 15.5 Å². The first-order valence-corrected chi connectivity index (χ1v) is 5.65. The third-order valence-corrected chi connectivity index (χ3v) is 2.46. The molecule has 2 rings (SSSR count). The summed E-state index contributed by atoms with van der Waals surface area (Å²) in [6.07, 6.45) is -0.418. The minimum atomic E-state index is -0.761. The van der Waals surface area contributed by atoms with Crippen molar-refractivity contribution in [3.8, 4) is 0 Å². The third kappa shape index (κ3) is 3.52. The number of nitrogens with one attached hydrogen (secondary N) is 1. The zero-order valence-corrected chi connectivity index (χ0v) is 10.0. The maximum absolute atomic E-state index is 11.6. The summed E-state index contributed by atoms with van der Waals surface area (Å²) < 4.78 is 0. The first-order valence-electron chi connectivity index (χ1n) is 5.65. The van der Waals surface area contributed by atoms with Crippen molar-refractivity contribution < 1.29 is 19.3 Å². The number of primary amides is 1. The van der Waals surface area contributed by atoms with Gasteiger partial charge >= 0.3 is 0 Å². The molecular formula is C12H13N3O4. The van der Waals surface area contributed by atoms with Gasteiger partial charge in [-0.25, -0.2) is 5.48 Å². The summed E-state index contributed by atoms with van der Waals surface area (Å²) in [4.78, 5) is 31.7. The number of carbonyl (C=O) groups excluding carboxylic acids is 2. The van der Waals surface area contributed by atoms with Crippen LogP contribution < -0.4 is 11.2 Å². The minimum absolute atomic E-state index is 0.343. The van der Waals surface area contributed by atoms with Gasteiger partial charge in [0.25, 0.3) is 5.91 Å². The van der Waals surface area contributed by atoms with Crippen LogP contribution in [0.2, 0.25) is 0 Å². The van der Waals surface area contributed by atoms with E-state index in [1.165, 1.54) is 0 Å². The number of oxime groups is 1. The van der Waals surface area contributed by atoms with Crippen molar-refractivity contribution in [2.45, 2.75) is 12.5 Å². The lowest BCUT2D eigenvalue weighted by Crippen LogP contribution is -2.36. The van der Waals surface area contributed by atoms with Gasteiger partial charge in [0.2, 0.25) is 12.0 Å². The molecule has 3 N–H and O–H groups in total. The quantitative estimate of drug-likeness (QED) is 0.712. The van der Waals surface area contributed by atoms with Crippen LogP contribution in [-0.4, -0.2) is 30.2 Å². The number of hydrogen-bond donors (Lipinski definition) is 2. The van der Waals surface area contributed by atoms with E-state index in [-0.39, 0.29) is 6.61 Å². The lowest BCUT2D eigenvalue weighted by atomic mass is 10.1. The van der Waals surface area contributed by atoms with Crippen molar-refractivity contribution in [3.63, 3.8) is 0 Å². The Morgan fingerprint density at radius 3 is 2.84 bits per heavy atom. The molecule has 1 heterocycles. The number of carbonyl (C=O) groups is 2. The predicted octanol–water partition coefficient (Wildman–Crippen LogP) is -0.287. The molecule has 0 spiro atoms. The summed E-state index contributed by atoms with van der Waals surface area (Å²) >= 11 is 0. The molecule has 0 saturated heterocycles. The molecule has 2 amide bonds. The molecule has 19 heavy (non-hydrogen) atoms. The molecule has 1 aliphatic rings. The molecule has 0 aromatic heterocycles. The van der Waals surface area contributed by atoms with Gasteiger partial charge in [0.15, 0.2) is 6.61 Å². The van der Waals surface area contributed by atoms with Crippen molar-refractivity contribution in [2.24, 2.45) is 10.9 Å². The molecule has 0 radical (unpaired) electrons. The van der Waals surface area contributed by atoms with Crippen molar-refractivity contribution in [1.82, 2.24) is 5.48 Å². The number of hydrogen-bond acceptors (Lipinski definition) is 5. The second-order valence-corrected chi connectivity index (χ2v) is 3.92. The van der Waals surface area contributed by atoms with Crippen LogP contribution >= 0.6 is 0 Å². The van der Waals surface area contributed by atoms with E-state index in [0.717, 1.165) is 5.56 Å². The Labute approximate surface area is 109 Å². The molecule has 100 valence electrons. The molecule has 0 bridgehead atoms. The smallest absolute Gasteiger partial charge is 0.287 e. The van der Waals surface area contributed by atoms with Crippen LogP contribution in [0.1, 0.15) is 12.0 Å². The van der Waals surface area contributed by atoms with E-state index in [0.29, 0.717) is 12.1 Å². The van der Waals surface area contributed by atoms with Crippen LogP contribution in [0.5, 0.6) is 0 Å². The standard InChI is InChI=1S/C12H13N3O4/c13-11(16)7-18-15-12(17)10-6-9(14-19-10)8-4-2-1-3-5-8/h1-5,10H,6-7H2,(H2,13,16)(H,15,17). The largest absolute Gasteiger partial charge is 0.382 e. The fourth-order valence-corrected chi connectivity index (χ4v) is 1.56. The van der Waals surface area contributed by atoms with E-state index in [4.69, 9.17) is 10.6 Å². The van der Waals surface area contributed by atoms with E-state index >= 15 is 0 Å². The van der Waals surface area contributed by atoms with Crippen LogP contribution in [0.4, 0.5) is 0 Å². The molecule has 1 aromatic rings. The van der Waals surface area contributed by atoms with Gasteiger partial charge in [0.1, 0.15) is 0 Å². The molecule has 7 heteroatoms. The Kier molecular flexibility index (Phi) is 4.09. The van der Waals surface area contributed by atoms with Gasteiger partial charge in [-0.15, -0.1) is 0 Å². The highest BCUT2D eigenvalue weighted by Gasteiger charge is 2.29. The highest BCUT2D eigenvalue weighted by molar-refractivity contribution is 6.03. The maximum Gasteiger partial charge on any atom is 0.287 e. The van der Waals surface area contributed by atoms with Crippen LogP contribution in [-0.2, 0) is 19.3 Å². The molecule has 1 aromatic carbocycles. The highest BCUT2D eigenvalue weighted by Crippen LogP contribution is 2.16. The Bertz CT molecular complexity index is 501. The first kappa shape index (κ1) is 13.0. The van der Waals surface area contributed by atoms with E-state index in [1.54, 1.807) is 0 Å². The van der Waals surface area contributed by atoms with Crippen LogP contribution in [0.3, 0.4) is 0 Å². The molecule has 1 aliphatic heterocycles. The number of hydroxylamine groups is 1. The van der Waals surface area contributed by atoms with E-state index in [1.807, 2.05) is 30.3 Å². The Morgan fingerprint density at radius 1 is 1.42 bits per heavy atom. The number of amides is 2. The second kappa shape index (κ2) is 5.96. The number of benzene rings is 1. The van der Waals surface area contributed by atoms with Crippen molar-refractivity contribution >= 4 is 17.5 Å². The lowest BCUT2D eigenvalue weighted by Gasteiger charge is -2.08. The summed E-state index contributed by atoms with van der Waals surface area (Å²) in [6, 6.07) is 9.41. The zero-order chi connectivity index (χ0) is 13.7. The normalized spacial score (nSPS) is 17.5. The second-order valence-electron chi connectivity index (χ2n) is 3.92. The summed E-state index contributed by atoms with van der Waals surface area (Å²) in [5.41, 5.74) is 8.54. The number of rotatable bonds is 5. The first-order chi connectivity index (χ1) is 9.16. The third-order valence-electron chi connectivity index (χ3n) is 2.46. The Balaban J connectivity index is 1.84. The van der Waals surface area contributed by atoms with Gasteiger partial charge in [-0.05, 0) is 5.56 Å². The van der Waals surface area contributed by atoms with Crippen molar-refractivity contribution in [3.05, 3.63) is 35.9 Å². The fourth-order valence-electron chi connectivity index (χ4n) is 1.56. The van der Waals surface area contributed by atoms with E-state index < -0.39 is 17.9 Å². The van der Waals surface area contributed by atoms with Gasteiger partial charge in [0, 0.05) is 6.42 Å². The summed E-state index contributed by atoms with van der Waals surface area (Å²) in [5.74, 6) is -1.18. The molecule has 0 fully saturated rings. The van der Waals surface area contributed by atoms with Gasteiger partial charge in [0.05, 0.1) is 5.71 Å². The van der Waals surface area contributed by atoms with Crippen LogP contribution in [0, 0.1) is 0 Å². The molecule has 1 unspecified atom stereocenters. The minimum Gasteiger partial charge on any atom is -0.382 e. The van der Waals surface area contributed by atoms with Crippen molar-refractivity contribution in [2.75, 3.05) is 6.61 Å². The molecule has 0 aliphatic carbocycles. The summed E-state index contributed by atoms with van der Waals surface area (Å²) in [6.45, 7) is -0.384. The van der Waals surface area contributed by atoms with Gasteiger partial charge in [-0.1, -0.05) is 35.5 Å². The Hall–Kier alpha value is -2.41. The van der Waals surface area contributed by atoms with Gasteiger partial charge in [-0.2, -0.15) is 0 Å². The van der Waals surface area contributed by atoms with E-state index in [9.17, 15) is 9.59 Å². The highest BCUT2D eigenvalue weighted by atomic mass is 16.7. The molecule has 0 saturated carbocycles. The summed E-state index contributed by atoms with van der Waals surface area (Å²) in [5, 5.41) is 3.86.